The molecule has 0 aliphatic rings. The van der Waals surface area contributed by atoms with Crippen LogP contribution in [0.3, 0.4) is 0 Å². The molecule has 0 bridgehead atoms. The molecule has 0 aliphatic heterocycles. The lowest BCUT2D eigenvalue weighted by Crippen LogP contribution is -2.17. The third kappa shape index (κ3) is 3.86. The van der Waals surface area contributed by atoms with Gasteiger partial charge in [-0.25, -0.2) is 14.8 Å². The van der Waals surface area contributed by atoms with Crippen LogP contribution in [0.4, 0.5) is 5.69 Å². The summed E-state index contributed by atoms with van der Waals surface area (Å²) >= 11 is 0. The van der Waals surface area contributed by atoms with Crippen molar-refractivity contribution in [2.75, 3.05) is 12.0 Å². The number of carbonyl (C=O) groups is 1. The molecule has 0 spiro atoms. The van der Waals surface area contributed by atoms with Crippen molar-refractivity contribution in [1.82, 2.24) is 9.97 Å². The number of rotatable bonds is 5. The number of ether oxygens (including phenoxy) is 1. The molecule has 2 rings (SSSR count). The predicted molar refractivity (Wildman–Crippen MR) is 80.8 cm³/mol. The van der Waals surface area contributed by atoms with Gasteiger partial charge in [-0.05, 0) is 37.3 Å². The molecule has 0 radical (unpaired) electrons. The Hall–Kier alpha value is -3.27. The highest BCUT2D eigenvalue weighted by atomic mass is 16.5. The molecule has 22 heavy (non-hydrogen) atoms. The number of hydrogen-bond acceptors (Lipinski definition) is 7. The summed E-state index contributed by atoms with van der Waals surface area (Å²) < 4.78 is 4.71. The number of aromatic nitrogens is 2. The summed E-state index contributed by atoms with van der Waals surface area (Å²) in [5.74, 6) is -0.145. The molecule has 0 fully saturated rings. The minimum atomic E-state index is -0.758. The van der Waals surface area contributed by atoms with E-state index in [4.69, 9.17) is 10.00 Å². The van der Waals surface area contributed by atoms with E-state index >= 15 is 0 Å². The van der Waals surface area contributed by atoms with Gasteiger partial charge in [-0.15, -0.1) is 0 Å². The maximum absolute atomic E-state index is 11.4. The molecular weight excluding hydrogens is 282 g/mol. The van der Waals surface area contributed by atoms with Crippen LogP contribution >= 0.6 is 0 Å². The quantitative estimate of drug-likeness (QED) is 0.514. The van der Waals surface area contributed by atoms with Gasteiger partial charge in [-0.2, -0.15) is 10.4 Å². The zero-order chi connectivity index (χ0) is 15.8. The number of esters is 1. The fraction of sp³-hybridized carbons (Fsp3) is 0.133. The van der Waals surface area contributed by atoms with Crippen LogP contribution in [-0.2, 0) is 9.53 Å². The molecule has 1 N–H and O–H groups in total. The number of carbonyl (C=O) groups excluding carboxylic acids is 1. The second-order valence-electron chi connectivity index (χ2n) is 4.05. The van der Waals surface area contributed by atoms with Crippen molar-refractivity contribution in [3.8, 4) is 17.5 Å². The van der Waals surface area contributed by atoms with E-state index in [1.807, 2.05) is 12.1 Å². The standard InChI is InChI=1S/C15H13N5O2/c1-2-22-15(21)13(10-16)20-19-12-6-4-11(5-7-12)14-17-8-3-9-18-14/h3-9,19H,2H2,1H3/b20-13+. The molecule has 2 aromatic rings. The van der Waals surface area contributed by atoms with Gasteiger partial charge in [-0.3, -0.25) is 5.43 Å². The fourth-order valence-corrected chi connectivity index (χ4v) is 1.58. The van der Waals surface area contributed by atoms with Gasteiger partial charge < -0.3 is 4.74 Å². The van der Waals surface area contributed by atoms with Crippen molar-refractivity contribution >= 4 is 17.4 Å². The fourth-order valence-electron chi connectivity index (χ4n) is 1.58. The Labute approximate surface area is 127 Å². The molecule has 7 heteroatoms. The summed E-state index contributed by atoms with van der Waals surface area (Å²) in [6.45, 7) is 1.84. The summed E-state index contributed by atoms with van der Waals surface area (Å²) in [6, 6.07) is 10.5. The lowest BCUT2D eigenvalue weighted by atomic mass is 10.2. The molecule has 0 unspecified atom stereocenters. The number of hydrazone groups is 1. The first-order valence-electron chi connectivity index (χ1n) is 6.53. The Balaban J connectivity index is 2.08. The normalized spacial score (nSPS) is 10.6. The lowest BCUT2D eigenvalue weighted by molar-refractivity contribution is -0.134. The van der Waals surface area contributed by atoms with Gasteiger partial charge in [0.2, 0.25) is 5.71 Å². The first-order chi connectivity index (χ1) is 10.7. The van der Waals surface area contributed by atoms with Crippen molar-refractivity contribution in [3.05, 3.63) is 42.7 Å². The van der Waals surface area contributed by atoms with Gasteiger partial charge in [0, 0.05) is 18.0 Å². The Morgan fingerprint density at radius 2 is 2.00 bits per heavy atom. The number of anilines is 1. The van der Waals surface area contributed by atoms with E-state index in [0.29, 0.717) is 11.5 Å². The monoisotopic (exact) mass is 295 g/mol. The SMILES string of the molecule is CCOC(=O)/C(C#N)=N/Nc1ccc(-c2ncccn2)cc1. The molecule has 110 valence electrons. The Morgan fingerprint density at radius 1 is 1.32 bits per heavy atom. The average Bonchev–Trinajstić information content (AvgIpc) is 2.57. The molecule has 0 saturated carbocycles. The maximum atomic E-state index is 11.4. The largest absolute Gasteiger partial charge is 0.461 e. The minimum absolute atomic E-state index is 0.186. The van der Waals surface area contributed by atoms with Gasteiger partial charge in [0.1, 0.15) is 6.07 Å². The lowest BCUT2D eigenvalue weighted by Gasteiger charge is -2.03. The molecule has 0 saturated heterocycles. The zero-order valence-electron chi connectivity index (χ0n) is 11.9. The van der Waals surface area contributed by atoms with E-state index < -0.39 is 5.97 Å². The molecule has 1 aromatic heterocycles. The Morgan fingerprint density at radius 3 is 2.59 bits per heavy atom. The molecule has 1 heterocycles. The van der Waals surface area contributed by atoms with Crippen LogP contribution in [0.2, 0.25) is 0 Å². The molecule has 1 aromatic carbocycles. The number of nitrogens with one attached hydrogen (secondary N) is 1. The Bertz CT molecular complexity index is 705. The second-order valence-corrected chi connectivity index (χ2v) is 4.05. The van der Waals surface area contributed by atoms with Gasteiger partial charge in [0.25, 0.3) is 0 Å². The summed E-state index contributed by atoms with van der Waals surface area (Å²) in [5.41, 5.74) is 3.77. The van der Waals surface area contributed by atoms with Crippen molar-refractivity contribution in [3.63, 3.8) is 0 Å². The summed E-state index contributed by atoms with van der Waals surface area (Å²) in [6.07, 6.45) is 3.33. The van der Waals surface area contributed by atoms with Crippen molar-refractivity contribution in [2.45, 2.75) is 6.92 Å². The zero-order valence-corrected chi connectivity index (χ0v) is 11.9. The maximum Gasteiger partial charge on any atom is 0.369 e. The van der Waals surface area contributed by atoms with Crippen LogP contribution in [0.25, 0.3) is 11.4 Å². The van der Waals surface area contributed by atoms with Crippen molar-refractivity contribution < 1.29 is 9.53 Å². The number of nitrogens with zero attached hydrogens (tertiary/aromatic N) is 4. The average molecular weight is 295 g/mol. The van der Waals surface area contributed by atoms with Crippen LogP contribution in [-0.4, -0.2) is 28.3 Å². The number of nitriles is 1. The van der Waals surface area contributed by atoms with E-state index in [1.165, 1.54) is 0 Å². The smallest absolute Gasteiger partial charge is 0.369 e. The van der Waals surface area contributed by atoms with E-state index in [2.05, 4.69) is 20.5 Å². The molecular formula is C15H13N5O2. The van der Waals surface area contributed by atoms with Crippen LogP contribution in [0.5, 0.6) is 0 Å². The van der Waals surface area contributed by atoms with Crippen LogP contribution in [0.15, 0.2) is 47.8 Å². The number of benzene rings is 1. The van der Waals surface area contributed by atoms with E-state index in [0.717, 1.165) is 5.56 Å². The molecule has 0 aliphatic carbocycles. The van der Waals surface area contributed by atoms with Gasteiger partial charge >= 0.3 is 5.97 Å². The summed E-state index contributed by atoms with van der Waals surface area (Å²) in [7, 11) is 0. The van der Waals surface area contributed by atoms with Gasteiger partial charge in [0.15, 0.2) is 5.82 Å². The minimum Gasteiger partial charge on any atom is -0.461 e. The first kappa shape index (κ1) is 15.1. The first-order valence-corrected chi connectivity index (χ1v) is 6.53. The van der Waals surface area contributed by atoms with Crippen molar-refractivity contribution in [1.29, 1.82) is 5.26 Å². The van der Waals surface area contributed by atoms with Crippen LogP contribution in [0.1, 0.15) is 6.92 Å². The highest BCUT2D eigenvalue weighted by Gasteiger charge is 2.11. The third-order valence-corrected chi connectivity index (χ3v) is 2.58. The van der Waals surface area contributed by atoms with Gasteiger partial charge in [0.05, 0.1) is 12.3 Å². The highest BCUT2D eigenvalue weighted by molar-refractivity contribution is 6.43. The molecule has 7 nitrogen and oxygen atoms in total. The Kier molecular flexibility index (Phi) is 5.15. The third-order valence-electron chi connectivity index (χ3n) is 2.58. The highest BCUT2D eigenvalue weighted by Crippen LogP contribution is 2.17. The van der Waals surface area contributed by atoms with Gasteiger partial charge in [-0.1, -0.05) is 0 Å². The van der Waals surface area contributed by atoms with E-state index in [1.54, 1.807) is 43.6 Å². The summed E-state index contributed by atoms with van der Waals surface area (Å²) in [4.78, 5) is 19.7. The summed E-state index contributed by atoms with van der Waals surface area (Å²) in [5, 5.41) is 12.6. The molecule has 0 amide bonds. The van der Waals surface area contributed by atoms with Crippen molar-refractivity contribution in [2.24, 2.45) is 5.10 Å². The molecule has 0 atom stereocenters. The van der Waals surface area contributed by atoms with E-state index in [9.17, 15) is 4.79 Å². The van der Waals surface area contributed by atoms with E-state index in [-0.39, 0.29) is 12.3 Å². The second kappa shape index (κ2) is 7.50. The predicted octanol–water partition coefficient (Wildman–Crippen LogP) is 2.00. The van der Waals surface area contributed by atoms with Crippen LogP contribution < -0.4 is 5.43 Å². The van der Waals surface area contributed by atoms with Crippen LogP contribution in [0, 0.1) is 11.3 Å². The number of hydrogen-bond donors (Lipinski definition) is 1. The topological polar surface area (TPSA) is 100 Å².